The molecule has 22 heavy (non-hydrogen) atoms. The summed E-state index contributed by atoms with van der Waals surface area (Å²) in [5, 5.41) is 9.46. The normalized spacial score (nSPS) is 11.2. The molecule has 7 heteroatoms. The van der Waals surface area contributed by atoms with Gasteiger partial charge in [0.05, 0.1) is 18.4 Å². The molecule has 0 aliphatic heterocycles. The van der Waals surface area contributed by atoms with Gasteiger partial charge in [0.2, 0.25) is 0 Å². The third-order valence-electron chi connectivity index (χ3n) is 3.02. The summed E-state index contributed by atoms with van der Waals surface area (Å²) in [6.07, 6.45) is 0. The molecule has 0 atom stereocenters. The molecule has 0 aliphatic carbocycles. The van der Waals surface area contributed by atoms with E-state index in [4.69, 9.17) is 21.4 Å². The molecule has 2 aromatic rings. The number of benzene rings is 2. The van der Waals surface area contributed by atoms with Crippen molar-refractivity contribution in [1.29, 1.82) is 0 Å². The Bertz CT molecular complexity index is 797. The van der Waals surface area contributed by atoms with Gasteiger partial charge in [-0.3, -0.25) is 0 Å². The minimum absolute atomic E-state index is 0.00821. The minimum atomic E-state index is -3.67. The highest BCUT2D eigenvalue weighted by molar-refractivity contribution is 7.90. The molecule has 0 saturated heterocycles. The molecule has 0 aromatic heterocycles. The van der Waals surface area contributed by atoms with Crippen LogP contribution in [0.25, 0.3) is 0 Å². The number of carbonyl (C=O) groups is 1. The summed E-state index contributed by atoms with van der Waals surface area (Å²) in [6.45, 7) is 0. The molecule has 0 bridgehead atoms. The van der Waals surface area contributed by atoms with Crippen LogP contribution in [0.15, 0.2) is 47.4 Å². The van der Waals surface area contributed by atoms with Crippen LogP contribution in [-0.2, 0) is 15.6 Å². The lowest BCUT2D eigenvalue weighted by Crippen LogP contribution is -2.08. The number of ether oxygens (including phenoxy) is 1. The lowest BCUT2D eigenvalue weighted by Gasteiger charge is -2.10. The Balaban J connectivity index is 2.40. The molecule has 0 saturated carbocycles. The van der Waals surface area contributed by atoms with Gasteiger partial charge in [0.1, 0.15) is 10.6 Å². The van der Waals surface area contributed by atoms with Crippen molar-refractivity contribution in [2.75, 3.05) is 7.11 Å². The van der Waals surface area contributed by atoms with E-state index < -0.39 is 15.8 Å². The van der Waals surface area contributed by atoms with Crippen molar-refractivity contribution in [2.45, 2.75) is 10.6 Å². The van der Waals surface area contributed by atoms with Gasteiger partial charge < -0.3 is 9.84 Å². The quantitative estimate of drug-likeness (QED) is 0.904. The molecule has 1 N–H and O–H groups in total. The molecule has 0 heterocycles. The fraction of sp³-hybridized carbons (Fsp3) is 0.133. The molecular formula is C15H13ClO5S. The largest absolute Gasteiger partial charge is 0.495 e. The number of rotatable bonds is 5. The Morgan fingerprint density at radius 2 is 1.82 bits per heavy atom. The number of carboxylic acids is 1. The molecular weight excluding hydrogens is 328 g/mol. The van der Waals surface area contributed by atoms with Gasteiger partial charge in [-0.2, -0.15) is 0 Å². The van der Waals surface area contributed by atoms with Crippen molar-refractivity contribution >= 4 is 27.4 Å². The SMILES string of the molecule is COc1cc(C(=O)O)ccc1S(=O)(=O)Cc1ccc(Cl)cc1. The zero-order valence-electron chi connectivity index (χ0n) is 11.6. The average molecular weight is 341 g/mol. The zero-order chi connectivity index (χ0) is 16.3. The molecule has 2 aromatic carbocycles. The third-order valence-corrected chi connectivity index (χ3v) is 4.99. The van der Waals surface area contributed by atoms with E-state index in [2.05, 4.69) is 0 Å². The first-order chi connectivity index (χ1) is 10.3. The van der Waals surface area contributed by atoms with Crippen LogP contribution < -0.4 is 4.74 Å². The van der Waals surface area contributed by atoms with Gasteiger partial charge in [-0.1, -0.05) is 23.7 Å². The molecule has 116 valence electrons. The van der Waals surface area contributed by atoms with Crippen molar-refractivity contribution in [2.24, 2.45) is 0 Å². The molecule has 0 spiro atoms. The molecule has 0 aliphatic rings. The van der Waals surface area contributed by atoms with Crippen LogP contribution in [0, 0.1) is 0 Å². The summed E-state index contributed by atoms with van der Waals surface area (Å²) in [5.41, 5.74) is 0.538. The highest BCUT2D eigenvalue weighted by Crippen LogP contribution is 2.28. The first kappa shape index (κ1) is 16.3. The first-order valence-corrected chi connectivity index (χ1v) is 8.25. The van der Waals surface area contributed by atoms with Gasteiger partial charge >= 0.3 is 5.97 Å². The number of sulfone groups is 1. The lowest BCUT2D eigenvalue weighted by molar-refractivity contribution is 0.0696. The molecule has 0 fully saturated rings. The van der Waals surface area contributed by atoms with Crippen molar-refractivity contribution in [3.8, 4) is 5.75 Å². The van der Waals surface area contributed by atoms with Crippen LogP contribution in [0.1, 0.15) is 15.9 Å². The van der Waals surface area contributed by atoms with Crippen molar-refractivity contribution in [1.82, 2.24) is 0 Å². The van der Waals surface area contributed by atoms with E-state index in [-0.39, 0.29) is 22.0 Å². The third kappa shape index (κ3) is 3.58. The van der Waals surface area contributed by atoms with E-state index in [1.54, 1.807) is 24.3 Å². The van der Waals surface area contributed by atoms with Crippen LogP contribution in [0.4, 0.5) is 0 Å². The molecule has 2 rings (SSSR count). The summed E-state index contributed by atoms with van der Waals surface area (Å²) >= 11 is 5.77. The highest BCUT2D eigenvalue weighted by Gasteiger charge is 2.21. The van der Waals surface area contributed by atoms with Crippen LogP contribution in [-0.4, -0.2) is 26.6 Å². The average Bonchev–Trinajstić information content (AvgIpc) is 2.48. The maximum absolute atomic E-state index is 12.5. The second-order valence-corrected chi connectivity index (χ2v) is 6.95. The fourth-order valence-corrected chi connectivity index (χ4v) is 3.57. The summed E-state index contributed by atoms with van der Waals surface area (Å²) in [5.74, 6) is -1.37. The second-order valence-electron chi connectivity index (χ2n) is 4.56. The van der Waals surface area contributed by atoms with Gasteiger partial charge in [-0.15, -0.1) is 0 Å². The highest BCUT2D eigenvalue weighted by atomic mass is 35.5. The Morgan fingerprint density at radius 3 is 2.36 bits per heavy atom. The maximum atomic E-state index is 12.5. The number of halogens is 1. The summed E-state index contributed by atoms with van der Waals surface area (Å²) in [6, 6.07) is 10.1. The monoisotopic (exact) mass is 340 g/mol. The zero-order valence-corrected chi connectivity index (χ0v) is 13.2. The number of methoxy groups -OCH3 is 1. The topological polar surface area (TPSA) is 80.7 Å². The van der Waals surface area contributed by atoms with Crippen LogP contribution >= 0.6 is 11.6 Å². The molecule has 0 amide bonds. The van der Waals surface area contributed by atoms with Crippen LogP contribution in [0.2, 0.25) is 5.02 Å². The van der Waals surface area contributed by atoms with E-state index >= 15 is 0 Å². The number of carboxylic acid groups (broad SMARTS) is 1. The van der Waals surface area contributed by atoms with E-state index in [9.17, 15) is 13.2 Å². The standard InChI is InChI=1S/C15H13ClO5S/c1-21-13-8-11(15(17)18)4-7-14(13)22(19,20)9-10-2-5-12(16)6-3-10/h2-8H,9H2,1H3,(H,17,18). The summed E-state index contributed by atoms with van der Waals surface area (Å²) in [4.78, 5) is 10.9. The fourth-order valence-electron chi connectivity index (χ4n) is 1.94. The van der Waals surface area contributed by atoms with Gasteiger partial charge in [0, 0.05) is 5.02 Å². The Kier molecular flexibility index (Phi) is 4.73. The van der Waals surface area contributed by atoms with Gasteiger partial charge in [0.15, 0.2) is 9.84 Å². The maximum Gasteiger partial charge on any atom is 0.335 e. The first-order valence-electron chi connectivity index (χ1n) is 6.22. The smallest absolute Gasteiger partial charge is 0.335 e. The van der Waals surface area contributed by atoms with Crippen molar-refractivity contribution < 1.29 is 23.1 Å². The van der Waals surface area contributed by atoms with E-state index in [0.717, 1.165) is 0 Å². The Hall–Kier alpha value is -2.05. The van der Waals surface area contributed by atoms with E-state index in [1.807, 2.05) is 0 Å². The van der Waals surface area contributed by atoms with Gasteiger partial charge in [0.25, 0.3) is 0 Å². The van der Waals surface area contributed by atoms with Gasteiger partial charge in [-0.05, 0) is 35.9 Å². The van der Waals surface area contributed by atoms with Crippen LogP contribution in [0.5, 0.6) is 5.75 Å². The predicted molar refractivity (Wildman–Crippen MR) is 82.3 cm³/mol. The number of aromatic carboxylic acids is 1. The Labute approximate surface area is 133 Å². The lowest BCUT2D eigenvalue weighted by atomic mass is 10.2. The minimum Gasteiger partial charge on any atom is -0.495 e. The van der Waals surface area contributed by atoms with E-state index in [0.29, 0.717) is 10.6 Å². The van der Waals surface area contributed by atoms with Crippen molar-refractivity contribution in [3.05, 3.63) is 58.6 Å². The summed E-state index contributed by atoms with van der Waals surface area (Å²) < 4.78 is 30.0. The van der Waals surface area contributed by atoms with Crippen LogP contribution in [0.3, 0.4) is 0 Å². The molecule has 0 radical (unpaired) electrons. The second kappa shape index (κ2) is 6.37. The Morgan fingerprint density at radius 1 is 1.18 bits per heavy atom. The van der Waals surface area contributed by atoms with Crippen molar-refractivity contribution in [3.63, 3.8) is 0 Å². The number of hydrogen-bond acceptors (Lipinski definition) is 4. The molecule has 0 unspecified atom stereocenters. The molecule has 5 nitrogen and oxygen atoms in total. The van der Waals surface area contributed by atoms with E-state index in [1.165, 1.54) is 25.3 Å². The summed E-state index contributed by atoms with van der Waals surface area (Å²) in [7, 11) is -2.38. The van der Waals surface area contributed by atoms with Gasteiger partial charge in [-0.25, -0.2) is 13.2 Å². The predicted octanol–water partition coefficient (Wildman–Crippen LogP) is 3.02. The number of hydrogen-bond donors (Lipinski definition) is 1.